The van der Waals surface area contributed by atoms with Gasteiger partial charge in [-0.1, -0.05) is 60.7 Å². The van der Waals surface area contributed by atoms with Crippen LogP contribution in [0.5, 0.6) is 11.5 Å². The highest BCUT2D eigenvalue weighted by molar-refractivity contribution is 5.89. The average Bonchev–Trinajstić information content (AvgIpc) is 3.72. The second-order valence-electron chi connectivity index (χ2n) is 15.0. The van der Waals surface area contributed by atoms with E-state index in [1.165, 1.54) is 12.1 Å². The van der Waals surface area contributed by atoms with E-state index < -0.39 is 24.2 Å². The molecule has 2 bridgehead atoms. The van der Waals surface area contributed by atoms with Gasteiger partial charge in [0.1, 0.15) is 42.3 Å². The first-order valence-electron chi connectivity index (χ1n) is 19.8. The number of phenolic OH excluding ortho intramolecular Hbond substituents is 1. The number of hydrogen-bond acceptors (Lipinski definition) is 11. The Morgan fingerprint density at radius 3 is 2.42 bits per heavy atom. The van der Waals surface area contributed by atoms with Crippen LogP contribution in [0.15, 0.2) is 124 Å². The number of carbonyl (C=O) groups is 2. The Kier molecular flexibility index (Phi) is 12.0. The zero-order valence-corrected chi connectivity index (χ0v) is 32.3. The van der Waals surface area contributed by atoms with Crippen LogP contribution in [0.2, 0.25) is 0 Å². The summed E-state index contributed by atoms with van der Waals surface area (Å²) in [6, 6.07) is 33.4. The number of benzene rings is 4. The van der Waals surface area contributed by atoms with E-state index in [0.29, 0.717) is 46.2 Å². The van der Waals surface area contributed by atoms with E-state index in [4.69, 9.17) is 18.6 Å². The number of ether oxygens (including phenoxy) is 3. The lowest BCUT2D eigenvalue weighted by Crippen LogP contribution is -2.52. The number of hydrogen-bond donors (Lipinski definition) is 5. The number of alkyl carbamates (subject to hydrolysis) is 1. The van der Waals surface area contributed by atoms with Crippen LogP contribution in [0.1, 0.15) is 69.1 Å². The normalized spacial score (nSPS) is 18.2. The molecule has 1 amide bonds. The highest BCUT2D eigenvalue weighted by Crippen LogP contribution is 2.31. The first-order valence-corrected chi connectivity index (χ1v) is 19.8. The first kappa shape index (κ1) is 39.4. The lowest BCUT2D eigenvalue weighted by atomic mass is 9.86. The van der Waals surface area contributed by atoms with Gasteiger partial charge in [-0.3, -0.25) is 9.69 Å². The topological polar surface area (TPSA) is 176 Å². The molecule has 3 aliphatic heterocycles. The minimum atomic E-state index is -0.915. The van der Waals surface area contributed by atoms with Crippen LogP contribution in [-0.4, -0.2) is 64.4 Å². The van der Waals surface area contributed by atoms with Crippen LogP contribution in [0, 0.1) is 5.92 Å². The highest BCUT2D eigenvalue weighted by atomic mass is 16.6. The number of aliphatic hydroxyl groups excluding tert-OH is 1. The highest BCUT2D eigenvalue weighted by Gasteiger charge is 2.37. The Balaban J connectivity index is 0.806. The number of rotatable bonds is 15. The number of H-pyrrole nitrogens is 1. The number of piperidine rings is 3. The molecular weight excluding hydrogens is 753 g/mol. The maximum atomic E-state index is 13.2. The minimum Gasteiger partial charge on any atom is -0.506 e. The molecule has 0 radical (unpaired) electrons. The van der Waals surface area contributed by atoms with Gasteiger partial charge in [0, 0.05) is 24.5 Å². The van der Waals surface area contributed by atoms with E-state index in [-0.39, 0.29) is 42.7 Å². The van der Waals surface area contributed by atoms with Gasteiger partial charge in [-0.15, -0.1) is 0 Å². The van der Waals surface area contributed by atoms with Crippen molar-refractivity contribution in [1.29, 1.82) is 0 Å². The predicted molar refractivity (Wildman–Crippen MR) is 219 cm³/mol. The molecule has 3 saturated heterocycles. The van der Waals surface area contributed by atoms with Gasteiger partial charge in [0.15, 0.2) is 0 Å². The molecule has 5 heterocycles. The van der Waals surface area contributed by atoms with Gasteiger partial charge < -0.3 is 44.5 Å². The molecule has 2 aromatic heterocycles. The summed E-state index contributed by atoms with van der Waals surface area (Å²) in [5.41, 5.74) is 3.50. The van der Waals surface area contributed by atoms with Crippen LogP contribution in [0.3, 0.4) is 0 Å². The number of aromatic hydroxyl groups is 1. The number of pyridine rings is 1. The molecule has 9 rings (SSSR count). The summed E-state index contributed by atoms with van der Waals surface area (Å²) in [4.78, 5) is 42.7. The molecule has 5 N–H and O–H groups in total. The molecule has 6 aromatic rings. The molecule has 3 fully saturated rings. The number of furan rings is 1. The fourth-order valence-electron chi connectivity index (χ4n) is 7.83. The van der Waals surface area contributed by atoms with Crippen LogP contribution in [-0.2, 0) is 29.2 Å². The van der Waals surface area contributed by atoms with Crippen molar-refractivity contribution < 1.29 is 38.4 Å². The van der Waals surface area contributed by atoms with Crippen molar-refractivity contribution in [3.8, 4) is 11.5 Å². The average molecular weight is 799 g/mol. The summed E-state index contributed by atoms with van der Waals surface area (Å²) in [6.07, 6.45) is 0.679. The molecule has 3 aliphatic rings. The van der Waals surface area contributed by atoms with E-state index in [9.17, 15) is 24.6 Å². The maximum absolute atomic E-state index is 13.2. The molecule has 0 aliphatic carbocycles. The third kappa shape index (κ3) is 9.66. The quantitative estimate of drug-likeness (QED) is 0.0718. The first-order chi connectivity index (χ1) is 28.8. The number of phenols is 1. The van der Waals surface area contributed by atoms with Crippen molar-refractivity contribution in [2.24, 2.45) is 5.92 Å². The standard InChI is InChI=1S/C46H46N4O9/c51-39-17-15-37(38-16-18-42(53)48-44(38)39)40(52)25-47-24-35-13-14-36(58-35)28-57-45(54)32-11-9-29(10-12-32)27-56-34-8-4-7-33(23-34)43(31-5-2-1-3-6-31)49-46(55)59-41-26-50-21-19-30(41)20-22-50/h1-18,23,30,40-41,43,47,51-52H,19-22,24-28H2,(H,48,53)(H,49,55)/t40-,41-,43-/m0/s1. The molecule has 3 atom stereocenters. The largest absolute Gasteiger partial charge is 0.506 e. The van der Waals surface area contributed by atoms with Gasteiger partial charge >= 0.3 is 12.1 Å². The van der Waals surface area contributed by atoms with Gasteiger partial charge in [0.2, 0.25) is 5.56 Å². The number of amides is 1. The maximum Gasteiger partial charge on any atom is 0.408 e. The summed E-state index contributed by atoms with van der Waals surface area (Å²) in [6.45, 7) is 3.62. The predicted octanol–water partition coefficient (Wildman–Crippen LogP) is 6.50. The number of carbonyl (C=O) groups excluding carboxylic acids is 2. The van der Waals surface area contributed by atoms with Gasteiger partial charge in [-0.05, 0) is 103 Å². The Hall–Kier alpha value is -6.41. The van der Waals surface area contributed by atoms with Crippen LogP contribution >= 0.6 is 0 Å². The Morgan fingerprint density at radius 1 is 0.864 bits per heavy atom. The van der Waals surface area contributed by atoms with E-state index >= 15 is 0 Å². The fourth-order valence-corrected chi connectivity index (χ4v) is 7.83. The van der Waals surface area contributed by atoms with Crippen molar-refractivity contribution in [2.75, 3.05) is 26.2 Å². The zero-order chi connectivity index (χ0) is 40.7. The third-order valence-electron chi connectivity index (χ3n) is 11.0. The molecule has 0 unspecified atom stereocenters. The van der Waals surface area contributed by atoms with Crippen LogP contribution in [0.4, 0.5) is 4.79 Å². The van der Waals surface area contributed by atoms with E-state index in [1.807, 2.05) is 66.7 Å². The summed E-state index contributed by atoms with van der Waals surface area (Å²) in [5, 5.41) is 27.7. The molecule has 13 heteroatoms. The summed E-state index contributed by atoms with van der Waals surface area (Å²) in [7, 11) is 0. The van der Waals surface area contributed by atoms with Crippen molar-refractivity contribution in [2.45, 2.75) is 50.8 Å². The lowest BCUT2D eigenvalue weighted by Gasteiger charge is -2.43. The van der Waals surface area contributed by atoms with Crippen LogP contribution in [0.25, 0.3) is 10.9 Å². The Morgan fingerprint density at radius 2 is 1.64 bits per heavy atom. The summed E-state index contributed by atoms with van der Waals surface area (Å²) >= 11 is 0. The molecule has 0 spiro atoms. The molecule has 0 saturated carbocycles. The summed E-state index contributed by atoms with van der Waals surface area (Å²) in [5.74, 6) is 1.52. The smallest absolute Gasteiger partial charge is 0.408 e. The van der Waals surface area contributed by atoms with Crippen molar-refractivity contribution in [3.05, 3.63) is 165 Å². The monoisotopic (exact) mass is 798 g/mol. The van der Waals surface area contributed by atoms with E-state index in [1.54, 1.807) is 36.4 Å². The number of fused-ring (bicyclic) bond motifs is 4. The number of aromatic nitrogens is 1. The van der Waals surface area contributed by atoms with Gasteiger partial charge in [-0.25, -0.2) is 9.59 Å². The zero-order valence-electron chi connectivity index (χ0n) is 32.3. The second kappa shape index (κ2) is 18.0. The molecular formula is C46H46N4O9. The molecule has 13 nitrogen and oxygen atoms in total. The van der Waals surface area contributed by atoms with Crippen molar-refractivity contribution in [3.63, 3.8) is 0 Å². The number of esters is 1. The van der Waals surface area contributed by atoms with Gasteiger partial charge in [0.05, 0.1) is 29.8 Å². The Labute approximate surface area is 340 Å². The third-order valence-corrected chi connectivity index (χ3v) is 11.0. The molecule has 4 aromatic carbocycles. The number of nitrogens with zero attached hydrogens (tertiary/aromatic N) is 1. The molecule has 59 heavy (non-hydrogen) atoms. The van der Waals surface area contributed by atoms with Crippen molar-refractivity contribution >= 4 is 23.0 Å². The van der Waals surface area contributed by atoms with E-state index in [0.717, 1.165) is 49.2 Å². The SMILES string of the molecule is O=C(N[C@@H](c1ccccc1)c1cccc(OCc2ccc(C(=O)OCc3ccc(CNC[C@H](O)c4ccc(O)c5[nH]c(=O)ccc45)o3)cc2)c1)O[C@H]1CN2CCC1CC2. The number of aromatic amines is 1. The van der Waals surface area contributed by atoms with Gasteiger partial charge in [0.25, 0.3) is 0 Å². The second-order valence-corrected chi connectivity index (χ2v) is 15.0. The lowest BCUT2D eigenvalue weighted by molar-refractivity contribution is -0.0336. The molecule has 304 valence electrons. The number of aliphatic hydroxyl groups is 1. The number of nitrogens with one attached hydrogen (secondary N) is 3. The summed E-state index contributed by atoms with van der Waals surface area (Å²) < 4.78 is 23.4. The van der Waals surface area contributed by atoms with E-state index in [2.05, 4.69) is 20.5 Å². The Bertz CT molecular complexity index is 2440. The van der Waals surface area contributed by atoms with Crippen molar-refractivity contribution in [1.82, 2.24) is 20.5 Å². The van der Waals surface area contributed by atoms with Gasteiger partial charge in [-0.2, -0.15) is 0 Å². The van der Waals surface area contributed by atoms with Crippen LogP contribution < -0.4 is 20.9 Å². The minimum absolute atomic E-state index is 0.0589. The fraction of sp³-hybridized carbons (Fsp3) is 0.283.